The predicted octanol–water partition coefficient (Wildman–Crippen LogP) is -2.97. The van der Waals surface area contributed by atoms with Gasteiger partial charge in [0.25, 0.3) is 5.56 Å². The van der Waals surface area contributed by atoms with Crippen molar-refractivity contribution in [2.75, 3.05) is 6.54 Å². The largest absolute Gasteiger partial charge is 0.479 e. The minimum absolute atomic E-state index is 0.0768. The summed E-state index contributed by atoms with van der Waals surface area (Å²) in [4.78, 5) is 50.7. The molecule has 2 saturated heterocycles. The topological polar surface area (TPSA) is 188 Å². The van der Waals surface area contributed by atoms with Crippen molar-refractivity contribution in [1.82, 2.24) is 14.5 Å². The number of aromatic amines is 1. The SMILES string of the molecule is CC=C1CN(C(=O)C(N)C2OC(n3cc(C)c(=O)[nH]c3=O)C(O)C2O)C1C(=O)O. The molecule has 12 heteroatoms. The Kier molecular flexibility index (Phi) is 5.45. The highest BCUT2D eigenvalue weighted by Gasteiger charge is 2.51. The van der Waals surface area contributed by atoms with Crippen molar-refractivity contribution in [2.24, 2.45) is 5.73 Å². The van der Waals surface area contributed by atoms with Gasteiger partial charge < -0.3 is 30.7 Å². The van der Waals surface area contributed by atoms with E-state index in [0.717, 1.165) is 15.7 Å². The van der Waals surface area contributed by atoms with E-state index in [1.54, 1.807) is 13.0 Å². The van der Waals surface area contributed by atoms with Gasteiger partial charge in [0, 0.05) is 18.3 Å². The van der Waals surface area contributed by atoms with Crippen LogP contribution in [0.4, 0.5) is 0 Å². The Morgan fingerprint density at radius 2 is 2.00 bits per heavy atom. The number of aliphatic hydroxyl groups is 2. The van der Waals surface area contributed by atoms with Crippen LogP contribution in [0, 0.1) is 6.92 Å². The molecule has 0 bridgehead atoms. The Hall–Kier alpha value is -2.80. The number of carboxylic acids is 1. The number of hydrogen-bond donors (Lipinski definition) is 5. The second-order valence-corrected chi connectivity index (χ2v) is 7.05. The lowest BCUT2D eigenvalue weighted by atomic mass is 9.92. The standard InChI is InChI=1S/C17H22N4O8/c1-3-7-5-20(9(7)16(26)27)14(25)8(18)12-10(22)11(23)15(29-12)21-4-6(2)13(24)19-17(21)28/h3-4,8-12,15,22-23H,5,18H2,1-2H3,(H,26,27)(H,19,24,28). The van der Waals surface area contributed by atoms with Crippen LogP contribution in [-0.4, -0.2) is 78.6 Å². The highest BCUT2D eigenvalue weighted by molar-refractivity contribution is 5.92. The Morgan fingerprint density at radius 1 is 1.34 bits per heavy atom. The minimum Gasteiger partial charge on any atom is -0.479 e. The number of aliphatic hydroxyl groups excluding tert-OH is 2. The van der Waals surface area contributed by atoms with Gasteiger partial charge in [0.05, 0.1) is 0 Å². The van der Waals surface area contributed by atoms with Gasteiger partial charge in [-0.3, -0.25) is 19.1 Å². The van der Waals surface area contributed by atoms with Crippen LogP contribution < -0.4 is 17.0 Å². The van der Waals surface area contributed by atoms with Crippen LogP contribution in [-0.2, 0) is 14.3 Å². The van der Waals surface area contributed by atoms with Crippen molar-refractivity contribution in [3.63, 3.8) is 0 Å². The summed E-state index contributed by atoms with van der Waals surface area (Å²) in [5.41, 5.74) is 5.15. The number of nitrogens with zero attached hydrogens (tertiary/aromatic N) is 2. The summed E-state index contributed by atoms with van der Waals surface area (Å²) in [7, 11) is 0. The Morgan fingerprint density at radius 3 is 2.59 bits per heavy atom. The molecule has 3 heterocycles. The van der Waals surface area contributed by atoms with E-state index in [0.29, 0.717) is 5.57 Å². The number of nitrogens with two attached hydrogens (primary N) is 1. The fourth-order valence-corrected chi connectivity index (χ4v) is 3.53. The summed E-state index contributed by atoms with van der Waals surface area (Å²) < 4.78 is 6.40. The van der Waals surface area contributed by atoms with Crippen molar-refractivity contribution >= 4 is 11.9 Å². The molecule has 6 unspecified atom stereocenters. The normalized spacial score (nSPS) is 31.6. The third-order valence-electron chi connectivity index (χ3n) is 5.24. The summed E-state index contributed by atoms with van der Waals surface area (Å²) in [6, 6.07) is -2.63. The number of aryl methyl sites for hydroxylation is 1. The number of carboxylic acid groups (broad SMARTS) is 1. The lowest BCUT2D eigenvalue weighted by molar-refractivity contribution is -0.155. The molecule has 6 N–H and O–H groups in total. The van der Waals surface area contributed by atoms with Crippen LogP contribution in [0.2, 0.25) is 0 Å². The highest BCUT2D eigenvalue weighted by atomic mass is 16.6. The number of carbonyl (C=O) groups is 2. The molecule has 29 heavy (non-hydrogen) atoms. The third kappa shape index (κ3) is 3.40. The lowest BCUT2D eigenvalue weighted by Gasteiger charge is -2.42. The van der Waals surface area contributed by atoms with E-state index in [1.165, 1.54) is 6.92 Å². The van der Waals surface area contributed by atoms with Crippen LogP contribution >= 0.6 is 0 Å². The van der Waals surface area contributed by atoms with Crippen molar-refractivity contribution in [2.45, 2.75) is 50.5 Å². The first-order valence-corrected chi connectivity index (χ1v) is 8.86. The second-order valence-electron chi connectivity index (χ2n) is 7.05. The summed E-state index contributed by atoms with van der Waals surface area (Å²) >= 11 is 0. The molecule has 3 rings (SSSR count). The number of H-pyrrole nitrogens is 1. The first-order valence-electron chi connectivity index (χ1n) is 8.86. The number of carbonyl (C=O) groups excluding carboxylic acids is 1. The molecule has 2 aliphatic rings. The smallest absolute Gasteiger partial charge is 0.330 e. The van der Waals surface area contributed by atoms with Crippen LogP contribution in [0.1, 0.15) is 18.7 Å². The van der Waals surface area contributed by atoms with Crippen LogP contribution in [0.15, 0.2) is 27.4 Å². The highest BCUT2D eigenvalue weighted by Crippen LogP contribution is 2.32. The zero-order valence-corrected chi connectivity index (χ0v) is 15.7. The molecule has 0 saturated carbocycles. The molecular formula is C17H22N4O8. The average molecular weight is 410 g/mol. The van der Waals surface area contributed by atoms with Crippen molar-refractivity contribution in [3.05, 3.63) is 44.2 Å². The zero-order valence-electron chi connectivity index (χ0n) is 15.7. The monoisotopic (exact) mass is 410 g/mol. The molecule has 2 aliphatic heterocycles. The number of likely N-dealkylation sites (tertiary alicyclic amines) is 1. The van der Waals surface area contributed by atoms with Gasteiger partial charge in [-0.2, -0.15) is 0 Å². The third-order valence-corrected chi connectivity index (χ3v) is 5.24. The maximum Gasteiger partial charge on any atom is 0.330 e. The molecule has 0 aromatic carbocycles. The predicted molar refractivity (Wildman–Crippen MR) is 96.9 cm³/mol. The van der Waals surface area contributed by atoms with E-state index in [2.05, 4.69) is 4.98 Å². The summed E-state index contributed by atoms with van der Waals surface area (Å²) in [6.45, 7) is 3.17. The zero-order chi connectivity index (χ0) is 21.6. The van der Waals surface area contributed by atoms with Gasteiger partial charge in [0.2, 0.25) is 5.91 Å². The molecule has 0 spiro atoms. The summed E-state index contributed by atoms with van der Waals surface area (Å²) in [5, 5.41) is 29.9. The number of amides is 1. The molecular weight excluding hydrogens is 388 g/mol. The summed E-state index contributed by atoms with van der Waals surface area (Å²) in [5.74, 6) is -1.99. The van der Waals surface area contributed by atoms with Gasteiger partial charge in [0.1, 0.15) is 24.4 Å². The molecule has 158 valence electrons. The quantitative estimate of drug-likeness (QED) is 0.323. The van der Waals surface area contributed by atoms with E-state index in [-0.39, 0.29) is 12.1 Å². The molecule has 12 nitrogen and oxygen atoms in total. The summed E-state index contributed by atoms with van der Waals surface area (Å²) in [6.07, 6.45) is -3.27. The lowest BCUT2D eigenvalue weighted by Crippen LogP contribution is -2.63. The number of ether oxygens (including phenoxy) is 1. The van der Waals surface area contributed by atoms with Gasteiger partial charge in [-0.1, -0.05) is 6.08 Å². The number of aliphatic carboxylic acids is 1. The molecule has 0 radical (unpaired) electrons. The molecule has 1 amide bonds. The van der Waals surface area contributed by atoms with Crippen LogP contribution in [0.5, 0.6) is 0 Å². The molecule has 2 fully saturated rings. The maximum absolute atomic E-state index is 12.7. The molecule has 1 aromatic heterocycles. The first kappa shape index (κ1) is 20.9. The number of aromatic nitrogens is 2. The van der Waals surface area contributed by atoms with E-state index in [4.69, 9.17) is 10.5 Å². The van der Waals surface area contributed by atoms with Crippen LogP contribution in [0.25, 0.3) is 0 Å². The minimum atomic E-state index is -1.62. The van der Waals surface area contributed by atoms with E-state index in [9.17, 15) is 34.5 Å². The van der Waals surface area contributed by atoms with Gasteiger partial charge >= 0.3 is 11.7 Å². The van der Waals surface area contributed by atoms with Gasteiger partial charge in [-0.15, -0.1) is 0 Å². The first-order chi connectivity index (χ1) is 13.6. The fraction of sp³-hybridized carbons (Fsp3) is 0.529. The number of rotatable bonds is 4. The van der Waals surface area contributed by atoms with Gasteiger partial charge in [-0.05, 0) is 19.4 Å². The Labute approximate surface area is 163 Å². The van der Waals surface area contributed by atoms with E-state index < -0.39 is 59.7 Å². The molecule has 0 aliphatic carbocycles. The molecule has 1 aromatic rings. The number of hydrogen-bond acceptors (Lipinski definition) is 8. The second kappa shape index (κ2) is 7.55. The van der Waals surface area contributed by atoms with Gasteiger partial charge in [-0.25, -0.2) is 9.59 Å². The van der Waals surface area contributed by atoms with Crippen molar-refractivity contribution < 1.29 is 29.6 Å². The van der Waals surface area contributed by atoms with Crippen LogP contribution in [0.3, 0.4) is 0 Å². The Balaban J connectivity index is 1.82. The number of nitrogens with one attached hydrogen (secondary N) is 1. The number of allylic oxidation sites excluding steroid dienone is 1. The average Bonchev–Trinajstić information content (AvgIpc) is 2.91. The van der Waals surface area contributed by atoms with E-state index in [1.807, 2.05) is 0 Å². The van der Waals surface area contributed by atoms with Crippen molar-refractivity contribution in [3.8, 4) is 0 Å². The fourth-order valence-electron chi connectivity index (χ4n) is 3.53. The van der Waals surface area contributed by atoms with Gasteiger partial charge in [0.15, 0.2) is 12.3 Å². The maximum atomic E-state index is 12.7. The van der Waals surface area contributed by atoms with Crippen molar-refractivity contribution in [1.29, 1.82) is 0 Å². The van der Waals surface area contributed by atoms with E-state index >= 15 is 0 Å². The Bertz CT molecular complexity index is 982. The molecule has 6 atom stereocenters.